The molecule has 1 aliphatic carbocycles. The minimum Gasteiger partial charge on any atom is -0.465 e. The van der Waals surface area contributed by atoms with E-state index in [0.29, 0.717) is 35.6 Å². The number of ether oxygens (including phenoxy) is 1. The predicted octanol–water partition coefficient (Wildman–Crippen LogP) is 4.80. The molecule has 190 valence electrons. The first-order valence-electron chi connectivity index (χ1n) is 12.3. The summed E-state index contributed by atoms with van der Waals surface area (Å²) in [6.07, 6.45) is 4.44. The number of pyridine rings is 1. The van der Waals surface area contributed by atoms with E-state index in [9.17, 15) is 14.4 Å². The zero-order valence-corrected chi connectivity index (χ0v) is 22.0. The Kier molecular flexibility index (Phi) is 8.78. The number of aryl methyl sites for hydroxylation is 2. The Morgan fingerprint density at radius 3 is 2.46 bits per heavy atom. The maximum Gasteiger partial charge on any atom is 0.326 e. The second-order valence-corrected chi connectivity index (χ2v) is 9.96. The molecule has 3 N–H and O–H groups in total. The standard InChI is InChI=1S/C27H36ClN3O4/c1-6-35-26(34)27(10-8-7-9-11-27)31-19(5)21-13-20(28)14-22(18(21)4)24(32)29-15-23-16(2)12-17(3)30-25(23)33/h12-14,19,31H,6-11,15H2,1-5H3,(H,29,32)(H,30,33). The Bertz CT molecular complexity index is 1150. The molecular formula is C27H36ClN3O4. The van der Waals surface area contributed by atoms with Crippen molar-refractivity contribution in [3.05, 3.63) is 67.1 Å². The molecule has 0 aliphatic heterocycles. The van der Waals surface area contributed by atoms with E-state index in [1.54, 1.807) is 6.07 Å². The molecule has 0 saturated heterocycles. The maximum absolute atomic E-state index is 13.1. The molecule has 1 aliphatic rings. The fourth-order valence-corrected chi connectivity index (χ4v) is 5.30. The number of rotatable bonds is 8. The van der Waals surface area contributed by atoms with Crippen LogP contribution in [0.2, 0.25) is 5.02 Å². The van der Waals surface area contributed by atoms with Gasteiger partial charge in [-0.1, -0.05) is 30.9 Å². The van der Waals surface area contributed by atoms with Crippen LogP contribution in [-0.2, 0) is 16.1 Å². The van der Waals surface area contributed by atoms with Crippen LogP contribution in [0, 0.1) is 20.8 Å². The SMILES string of the molecule is CCOC(=O)C1(NC(C)c2cc(Cl)cc(C(=O)NCc3c(C)cc(C)[nH]c3=O)c2C)CCCCC1. The normalized spacial score (nSPS) is 15.9. The third-order valence-electron chi connectivity index (χ3n) is 6.91. The van der Waals surface area contributed by atoms with Gasteiger partial charge in [0, 0.05) is 34.4 Å². The van der Waals surface area contributed by atoms with Crippen molar-refractivity contribution in [1.29, 1.82) is 0 Å². The first kappa shape index (κ1) is 27.0. The van der Waals surface area contributed by atoms with Crippen LogP contribution in [0.25, 0.3) is 0 Å². The molecule has 0 bridgehead atoms. The van der Waals surface area contributed by atoms with Gasteiger partial charge in [0.15, 0.2) is 0 Å². The van der Waals surface area contributed by atoms with Crippen LogP contribution in [0.1, 0.15) is 90.3 Å². The number of aromatic nitrogens is 1. The summed E-state index contributed by atoms with van der Waals surface area (Å²) in [5, 5.41) is 6.83. The number of halogens is 1. The average molecular weight is 502 g/mol. The first-order chi connectivity index (χ1) is 16.6. The zero-order chi connectivity index (χ0) is 25.8. The van der Waals surface area contributed by atoms with Gasteiger partial charge in [0.2, 0.25) is 0 Å². The molecule has 1 amide bonds. The Balaban J connectivity index is 1.84. The van der Waals surface area contributed by atoms with E-state index in [0.717, 1.165) is 41.6 Å². The van der Waals surface area contributed by atoms with E-state index < -0.39 is 5.54 Å². The zero-order valence-electron chi connectivity index (χ0n) is 21.3. The number of carbonyl (C=O) groups is 2. The number of nitrogens with one attached hydrogen (secondary N) is 3. The van der Waals surface area contributed by atoms with Crippen LogP contribution >= 0.6 is 11.6 Å². The highest BCUT2D eigenvalue weighted by atomic mass is 35.5. The molecule has 1 heterocycles. The van der Waals surface area contributed by atoms with E-state index in [1.165, 1.54) is 0 Å². The summed E-state index contributed by atoms with van der Waals surface area (Å²) >= 11 is 6.43. The highest BCUT2D eigenvalue weighted by molar-refractivity contribution is 6.31. The van der Waals surface area contributed by atoms with E-state index >= 15 is 0 Å². The highest BCUT2D eigenvalue weighted by Crippen LogP contribution is 2.34. The van der Waals surface area contributed by atoms with Crippen LogP contribution < -0.4 is 16.2 Å². The number of hydrogen-bond acceptors (Lipinski definition) is 5. The number of benzene rings is 1. The molecule has 1 atom stereocenters. The van der Waals surface area contributed by atoms with Gasteiger partial charge < -0.3 is 15.0 Å². The van der Waals surface area contributed by atoms with E-state index in [2.05, 4.69) is 15.6 Å². The van der Waals surface area contributed by atoms with Gasteiger partial charge in [0.1, 0.15) is 5.54 Å². The lowest BCUT2D eigenvalue weighted by Crippen LogP contribution is -2.55. The van der Waals surface area contributed by atoms with Crippen LogP contribution in [0.4, 0.5) is 0 Å². The summed E-state index contributed by atoms with van der Waals surface area (Å²) < 4.78 is 5.42. The van der Waals surface area contributed by atoms with Crippen LogP contribution in [0.3, 0.4) is 0 Å². The lowest BCUT2D eigenvalue weighted by atomic mass is 9.80. The second kappa shape index (κ2) is 11.4. The second-order valence-electron chi connectivity index (χ2n) is 9.52. The van der Waals surface area contributed by atoms with Crippen LogP contribution in [0.15, 0.2) is 23.0 Å². The topological polar surface area (TPSA) is 100 Å². The smallest absolute Gasteiger partial charge is 0.326 e. The number of esters is 1. The molecule has 2 aromatic rings. The molecule has 1 saturated carbocycles. The fraction of sp³-hybridized carbons (Fsp3) is 0.519. The van der Waals surface area contributed by atoms with Crippen molar-refractivity contribution in [2.24, 2.45) is 0 Å². The minimum absolute atomic E-state index is 0.112. The van der Waals surface area contributed by atoms with Crippen molar-refractivity contribution < 1.29 is 14.3 Å². The summed E-state index contributed by atoms with van der Waals surface area (Å²) in [5.41, 5.74) is 3.24. The molecular weight excluding hydrogens is 466 g/mol. The molecule has 1 aromatic heterocycles. The van der Waals surface area contributed by atoms with Crippen molar-refractivity contribution in [1.82, 2.24) is 15.6 Å². The van der Waals surface area contributed by atoms with Gasteiger partial charge in [-0.25, -0.2) is 0 Å². The molecule has 8 heteroatoms. The largest absolute Gasteiger partial charge is 0.465 e. The number of H-pyrrole nitrogens is 1. The van der Waals surface area contributed by atoms with Crippen LogP contribution in [-0.4, -0.2) is 29.0 Å². The maximum atomic E-state index is 13.1. The summed E-state index contributed by atoms with van der Waals surface area (Å²) in [7, 11) is 0. The van der Waals surface area contributed by atoms with Crippen molar-refractivity contribution in [3.8, 4) is 0 Å². The number of aromatic amines is 1. The number of amides is 1. The minimum atomic E-state index is -0.741. The summed E-state index contributed by atoms with van der Waals surface area (Å²) in [6, 6.07) is 5.12. The Morgan fingerprint density at radius 2 is 1.83 bits per heavy atom. The van der Waals surface area contributed by atoms with Crippen molar-refractivity contribution >= 4 is 23.5 Å². The summed E-state index contributed by atoms with van der Waals surface area (Å²) in [6.45, 7) is 9.79. The molecule has 3 rings (SSSR count). The summed E-state index contributed by atoms with van der Waals surface area (Å²) in [4.78, 5) is 41.1. The molecule has 1 aromatic carbocycles. The number of hydrogen-bond donors (Lipinski definition) is 3. The van der Waals surface area contributed by atoms with Crippen molar-refractivity contribution in [3.63, 3.8) is 0 Å². The quantitative estimate of drug-likeness (QED) is 0.451. The monoisotopic (exact) mass is 501 g/mol. The van der Waals surface area contributed by atoms with Gasteiger partial charge in [-0.15, -0.1) is 0 Å². The fourth-order valence-electron chi connectivity index (χ4n) is 5.08. The van der Waals surface area contributed by atoms with Gasteiger partial charge in [-0.3, -0.25) is 19.7 Å². The van der Waals surface area contributed by atoms with Gasteiger partial charge in [-0.2, -0.15) is 0 Å². The van der Waals surface area contributed by atoms with E-state index in [-0.39, 0.29) is 30.0 Å². The molecule has 35 heavy (non-hydrogen) atoms. The molecule has 1 unspecified atom stereocenters. The van der Waals surface area contributed by atoms with E-state index in [4.69, 9.17) is 16.3 Å². The van der Waals surface area contributed by atoms with Crippen LogP contribution in [0.5, 0.6) is 0 Å². The molecule has 7 nitrogen and oxygen atoms in total. The van der Waals surface area contributed by atoms with Gasteiger partial charge >= 0.3 is 5.97 Å². The lowest BCUT2D eigenvalue weighted by Gasteiger charge is -2.38. The predicted molar refractivity (Wildman–Crippen MR) is 138 cm³/mol. The Labute approximate surface area is 212 Å². The average Bonchev–Trinajstić information content (AvgIpc) is 2.80. The third kappa shape index (κ3) is 6.14. The molecule has 0 radical (unpaired) electrons. The highest BCUT2D eigenvalue weighted by Gasteiger charge is 2.42. The van der Waals surface area contributed by atoms with Gasteiger partial charge in [0.25, 0.3) is 11.5 Å². The summed E-state index contributed by atoms with van der Waals surface area (Å²) in [5.74, 6) is -0.529. The van der Waals surface area contributed by atoms with Gasteiger partial charge in [0.05, 0.1) is 6.61 Å². The Hall–Kier alpha value is -2.64. The lowest BCUT2D eigenvalue weighted by molar-refractivity contribution is -0.153. The first-order valence-corrected chi connectivity index (χ1v) is 12.7. The van der Waals surface area contributed by atoms with Gasteiger partial charge in [-0.05, 0) is 82.3 Å². The molecule has 0 spiro atoms. The number of carbonyl (C=O) groups excluding carboxylic acids is 2. The van der Waals surface area contributed by atoms with Crippen molar-refractivity contribution in [2.45, 2.75) is 84.8 Å². The Morgan fingerprint density at radius 1 is 1.14 bits per heavy atom. The van der Waals surface area contributed by atoms with E-state index in [1.807, 2.05) is 46.8 Å². The molecule has 1 fully saturated rings. The van der Waals surface area contributed by atoms with Crippen molar-refractivity contribution in [2.75, 3.05) is 6.61 Å². The third-order valence-corrected chi connectivity index (χ3v) is 7.13.